The molecule has 1 unspecified atom stereocenters. The van der Waals surface area contributed by atoms with Gasteiger partial charge in [0.05, 0.1) is 13.0 Å². The number of hydrogen-bond acceptors (Lipinski definition) is 4. The van der Waals surface area contributed by atoms with Crippen molar-refractivity contribution in [2.45, 2.75) is 91.9 Å². The number of hydrogen-bond donors (Lipinski definition) is 1. The normalized spacial score (nSPS) is 12.5. The first-order valence-electron chi connectivity index (χ1n) is 11.3. The minimum Gasteiger partial charge on any atom is -0.465 e. The molecule has 0 aliphatic carbocycles. The van der Waals surface area contributed by atoms with Crippen LogP contribution >= 0.6 is 0 Å². The predicted molar refractivity (Wildman–Crippen MR) is 113 cm³/mol. The Labute approximate surface area is 163 Å². The van der Waals surface area contributed by atoms with Crippen LogP contribution in [0.3, 0.4) is 0 Å². The minimum atomic E-state index is -0.0556. The van der Waals surface area contributed by atoms with E-state index in [2.05, 4.69) is 37.9 Å². The quantitative estimate of drug-likeness (QED) is 0.256. The average molecular weight is 371 g/mol. The first kappa shape index (κ1) is 25.4. The Morgan fingerprint density at radius 2 is 1.50 bits per heavy atom. The molecule has 0 aromatic carbocycles. The number of nitrogens with zero attached hydrogens (tertiary/aromatic N) is 1. The molecule has 1 N–H and O–H groups in total. The largest absolute Gasteiger partial charge is 0.465 e. The van der Waals surface area contributed by atoms with Crippen molar-refractivity contribution in [3.8, 4) is 0 Å². The van der Waals surface area contributed by atoms with Crippen molar-refractivity contribution < 1.29 is 9.53 Å². The van der Waals surface area contributed by atoms with Gasteiger partial charge in [0.15, 0.2) is 0 Å². The van der Waals surface area contributed by atoms with Crippen LogP contribution in [0, 0.1) is 5.92 Å². The van der Waals surface area contributed by atoms with Crippen molar-refractivity contribution in [3.63, 3.8) is 0 Å². The molecule has 0 bridgehead atoms. The van der Waals surface area contributed by atoms with E-state index in [-0.39, 0.29) is 5.97 Å². The summed E-state index contributed by atoms with van der Waals surface area (Å²) in [6.07, 6.45) is 11.5. The zero-order valence-electron chi connectivity index (χ0n) is 18.2. The van der Waals surface area contributed by atoms with Crippen LogP contribution in [0.15, 0.2) is 0 Å². The Morgan fingerprint density at radius 3 is 2.08 bits per heavy atom. The van der Waals surface area contributed by atoms with E-state index in [4.69, 9.17) is 4.74 Å². The number of nitrogens with one attached hydrogen (secondary N) is 1. The van der Waals surface area contributed by atoms with Crippen LogP contribution in [0.5, 0.6) is 0 Å². The number of carbonyl (C=O) groups excluding carboxylic acids is 1. The fourth-order valence-electron chi connectivity index (χ4n) is 3.02. The molecule has 0 aromatic heterocycles. The van der Waals surface area contributed by atoms with Gasteiger partial charge in [-0.25, -0.2) is 0 Å². The summed E-state index contributed by atoms with van der Waals surface area (Å²) in [7, 11) is 0. The second-order valence-corrected chi connectivity index (χ2v) is 7.50. The summed E-state index contributed by atoms with van der Waals surface area (Å²) >= 11 is 0. The van der Waals surface area contributed by atoms with Gasteiger partial charge in [-0.2, -0.15) is 0 Å². The van der Waals surface area contributed by atoms with E-state index in [1.807, 2.05) is 0 Å². The second kappa shape index (κ2) is 19.2. The molecule has 0 aliphatic rings. The van der Waals surface area contributed by atoms with Gasteiger partial charge in [0.25, 0.3) is 0 Å². The number of rotatable bonds is 19. The van der Waals surface area contributed by atoms with Crippen LogP contribution in [0.4, 0.5) is 0 Å². The number of unbranched alkanes of at least 4 members (excludes halogenated alkanes) is 3. The number of esters is 1. The second-order valence-electron chi connectivity index (χ2n) is 7.50. The molecule has 4 nitrogen and oxygen atoms in total. The van der Waals surface area contributed by atoms with Crippen molar-refractivity contribution in [1.29, 1.82) is 0 Å². The van der Waals surface area contributed by atoms with Crippen molar-refractivity contribution >= 4 is 5.97 Å². The SMILES string of the molecule is CCCCC(CC)COC(=O)CCNCCCN(CCCC)CCCC. The summed E-state index contributed by atoms with van der Waals surface area (Å²) in [6, 6.07) is 0. The Bertz CT molecular complexity index is 303. The molecule has 0 saturated carbocycles. The topological polar surface area (TPSA) is 41.6 Å². The third-order valence-corrected chi connectivity index (χ3v) is 5.01. The maximum absolute atomic E-state index is 11.8. The average Bonchev–Trinajstić information content (AvgIpc) is 2.66. The summed E-state index contributed by atoms with van der Waals surface area (Å²) in [5, 5.41) is 3.39. The number of carbonyl (C=O) groups is 1. The highest BCUT2D eigenvalue weighted by atomic mass is 16.5. The van der Waals surface area contributed by atoms with Crippen LogP contribution in [0.2, 0.25) is 0 Å². The maximum Gasteiger partial charge on any atom is 0.307 e. The lowest BCUT2D eigenvalue weighted by atomic mass is 10.0. The first-order chi connectivity index (χ1) is 12.7. The van der Waals surface area contributed by atoms with Crippen LogP contribution in [0.25, 0.3) is 0 Å². The van der Waals surface area contributed by atoms with Gasteiger partial charge in [-0.15, -0.1) is 0 Å². The monoisotopic (exact) mass is 370 g/mol. The van der Waals surface area contributed by atoms with E-state index in [0.717, 1.165) is 32.5 Å². The highest BCUT2D eigenvalue weighted by Gasteiger charge is 2.10. The van der Waals surface area contributed by atoms with Crippen molar-refractivity contribution in [2.24, 2.45) is 5.92 Å². The van der Waals surface area contributed by atoms with E-state index >= 15 is 0 Å². The molecule has 4 heteroatoms. The Kier molecular flexibility index (Phi) is 18.7. The van der Waals surface area contributed by atoms with Crippen molar-refractivity contribution in [1.82, 2.24) is 10.2 Å². The van der Waals surface area contributed by atoms with Crippen LogP contribution in [0.1, 0.15) is 91.9 Å². The molecule has 0 radical (unpaired) electrons. The Hall–Kier alpha value is -0.610. The van der Waals surface area contributed by atoms with Gasteiger partial charge in [0.2, 0.25) is 0 Å². The van der Waals surface area contributed by atoms with Gasteiger partial charge >= 0.3 is 5.97 Å². The lowest BCUT2D eigenvalue weighted by Crippen LogP contribution is -2.30. The van der Waals surface area contributed by atoms with Crippen molar-refractivity contribution in [3.05, 3.63) is 0 Å². The Morgan fingerprint density at radius 1 is 0.885 bits per heavy atom. The van der Waals surface area contributed by atoms with Crippen LogP contribution < -0.4 is 5.32 Å². The van der Waals surface area contributed by atoms with E-state index < -0.39 is 0 Å². The maximum atomic E-state index is 11.8. The number of ether oxygens (including phenoxy) is 1. The fraction of sp³-hybridized carbons (Fsp3) is 0.955. The molecule has 0 aliphatic heterocycles. The molecule has 156 valence electrons. The standard InChI is InChI=1S/C22H46N2O2/c1-5-9-13-21(8-4)20-26-22(25)14-16-23-15-12-19-24(17-10-6-2)18-11-7-3/h21,23H,5-20H2,1-4H3. The molecule has 0 amide bonds. The third kappa shape index (κ3) is 15.6. The zero-order valence-corrected chi connectivity index (χ0v) is 18.2. The summed E-state index contributed by atoms with van der Waals surface area (Å²) in [5.74, 6) is 0.476. The van der Waals surface area contributed by atoms with E-state index in [0.29, 0.717) is 18.9 Å². The first-order valence-corrected chi connectivity index (χ1v) is 11.3. The van der Waals surface area contributed by atoms with Crippen LogP contribution in [-0.4, -0.2) is 50.2 Å². The molecule has 1 atom stereocenters. The molecule has 0 heterocycles. The molecule has 0 aromatic rings. The summed E-state index contributed by atoms with van der Waals surface area (Å²) in [5.41, 5.74) is 0. The van der Waals surface area contributed by atoms with Crippen LogP contribution in [-0.2, 0) is 9.53 Å². The third-order valence-electron chi connectivity index (χ3n) is 5.01. The van der Waals surface area contributed by atoms with E-state index in [9.17, 15) is 4.79 Å². The summed E-state index contributed by atoms with van der Waals surface area (Å²) in [6.45, 7) is 14.8. The molecular weight excluding hydrogens is 324 g/mol. The van der Waals surface area contributed by atoms with Gasteiger partial charge in [0, 0.05) is 6.54 Å². The van der Waals surface area contributed by atoms with E-state index in [1.165, 1.54) is 58.0 Å². The molecule has 0 spiro atoms. The fourth-order valence-corrected chi connectivity index (χ4v) is 3.02. The van der Waals surface area contributed by atoms with Gasteiger partial charge in [-0.3, -0.25) is 4.79 Å². The van der Waals surface area contributed by atoms with Gasteiger partial charge in [-0.1, -0.05) is 59.8 Å². The lowest BCUT2D eigenvalue weighted by Gasteiger charge is -2.21. The van der Waals surface area contributed by atoms with E-state index in [1.54, 1.807) is 0 Å². The van der Waals surface area contributed by atoms with Gasteiger partial charge in [0.1, 0.15) is 0 Å². The summed E-state index contributed by atoms with van der Waals surface area (Å²) < 4.78 is 5.44. The van der Waals surface area contributed by atoms with Crippen molar-refractivity contribution in [2.75, 3.05) is 39.3 Å². The highest BCUT2D eigenvalue weighted by molar-refractivity contribution is 5.69. The predicted octanol–water partition coefficient (Wildman–Crippen LogP) is 5.02. The zero-order chi connectivity index (χ0) is 19.5. The lowest BCUT2D eigenvalue weighted by molar-refractivity contribution is -0.145. The Balaban J connectivity index is 3.68. The summed E-state index contributed by atoms with van der Waals surface area (Å²) in [4.78, 5) is 14.4. The highest BCUT2D eigenvalue weighted by Crippen LogP contribution is 2.13. The molecule has 0 rings (SSSR count). The smallest absolute Gasteiger partial charge is 0.307 e. The minimum absolute atomic E-state index is 0.0556. The molecule has 26 heavy (non-hydrogen) atoms. The van der Waals surface area contributed by atoms with Gasteiger partial charge in [-0.05, 0) is 57.8 Å². The molecule has 0 fully saturated rings. The molecular formula is C22H46N2O2. The van der Waals surface area contributed by atoms with Gasteiger partial charge < -0.3 is 15.0 Å². The molecule has 0 saturated heterocycles.